The highest BCUT2D eigenvalue weighted by Gasteiger charge is 2.47. The van der Waals surface area contributed by atoms with Gasteiger partial charge in [0.15, 0.2) is 0 Å². The Morgan fingerprint density at radius 1 is 1.11 bits per heavy atom. The predicted molar refractivity (Wildman–Crippen MR) is 129 cm³/mol. The number of halogens is 4. The Labute approximate surface area is 209 Å². The van der Waals surface area contributed by atoms with Gasteiger partial charge in [0.25, 0.3) is 0 Å². The fourth-order valence-electron chi connectivity index (χ4n) is 6.43. The van der Waals surface area contributed by atoms with Gasteiger partial charge in [-0.25, -0.2) is 4.39 Å². The molecule has 1 unspecified atom stereocenters. The van der Waals surface area contributed by atoms with Crippen molar-refractivity contribution in [3.63, 3.8) is 0 Å². The van der Waals surface area contributed by atoms with E-state index >= 15 is 0 Å². The predicted octanol–water partition coefficient (Wildman–Crippen LogP) is 5.95. The Balaban J connectivity index is 1.22. The molecule has 2 aliphatic heterocycles. The molecule has 1 saturated heterocycles. The van der Waals surface area contributed by atoms with Gasteiger partial charge in [-0.3, -0.25) is 14.7 Å². The van der Waals surface area contributed by atoms with Crippen molar-refractivity contribution >= 4 is 5.91 Å². The smallest absolute Gasteiger partial charge is 0.337 e. The Bertz CT molecular complexity index is 1090. The summed E-state index contributed by atoms with van der Waals surface area (Å²) in [5.41, 5.74) is 1.11. The van der Waals surface area contributed by atoms with E-state index in [0.717, 1.165) is 57.3 Å². The zero-order valence-electron chi connectivity index (χ0n) is 20.7. The SMILES string of the molecule is CCC1(C(=O)N2CCc3ncc(C(F)(F)F)cc3C2)CCN(C2CCC(c3ccc(F)cc3)CC2)C1. The van der Waals surface area contributed by atoms with Gasteiger partial charge in [0.05, 0.1) is 11.0 Å². The second-order valence-electron chi connectivity index (χ2n) is 10.7. The van der Waals surface area contributed by atoms with Gasteiger partial charge in [0.2, 0.25) is 5.91 Å². The highest BCUT2D eigenvalue weighted by molar-refractivity contribution is 5.83. The highest BCUT2D eigenvalue weighted by Crippen LogP contribution is 2.42. The van der Waals surface area contributed by atoms with Gasteiger partial charge in [0, 0.05) is 44.0 Å². The lowest BCUT2D eigenvalue weighted by molar-refractivity contribution is -0.143. The summed E-state index contributed by atoms with van der Waals surface area (Å²) in [6.45, 7) is 4.31. The third-order valence-corrected chi connectivity index (χ3v) is 8.72. The van der Waals surface area contributed by atoms with Crippen LogP contribution in [0.15, 0.2) is 36.5 Å². The van der Waals surface area contributed by atoms with Crippen LogP contribution in [0.5, 0.6) is 0 Å². The van der Waals surface area contributed by atoms with E-state index in [-0.39, 0.29) is 18.3 Å². The molecule has 0 radical (unpaired) electrons. The minimum Gasteiger partial charge on any atom is -0.337 e. The van der Waals surface area contributed by atoms with Crippen LogP contribution < -0.4 is 0 Å². The second-order valence-corrected chi connectivity index (χ2v) is 10.7. The van der Waals surface area contributed by atoms with Crippen molar-refractivity contribution in [2.75, 3.05) is 19.6 Å². The van der Waals surface area contributed by atoms with Crippen LogP contribution in [0, 0.1) is 11.2 Å². The molecule has 1 aromatic carbocycles. The van der Waals surface area contributed by atoms with E-state index < -0.39 is 17.2 Å². The maximum absolute atomic E-state index is 13.8. The van der Waals surface area contributed by atoms with E-state index in [1.54, 1.807) is 4.90 Å². The van der Waals surface area contributed by atoms with Crippen LogP contribution in [0.2, 0.25) is 0 Å². The minimum atomic E-state index is -4.44. The first-order valence-electron chi connectivity index (χ1n) is 13.0. The number of hydrogen-bond donors (Lipinski definition) is 0. The van der Waals surface area contributed by atoms with Gasteiger partial charge in [-0.2, -0.15) is 13.2 Å². The summed E-state index contributed by atoms with van der Waals surface area (Å²) in [5.74, 6) is 0.306. The molecule has 36 heavy (non-hydrogen) atoms. The number of amides is 1. The number of hydrogen-bond acceptors (Lipinski definition) is 3. The quantitative estimate of drug-likeness (QED) is 0.484. The maximum Gasteiger partial charge on any atom is 0.417 e. The van der Waals surface area contributed by atoms with Crippen LogP contribution in [0.1, 0.15) is 73.8 Å². The zero-order valence-corrected chi connectivity index (χ0v) is 20.7. The molecular weight excluding hydrogens is 470 g/mol. The molecule has 2 fully saturated rings. The number of rotatable bonds is 4. The third-order valence-electron chi connectivity index (χ3n) is 8.72. The normalized spacial score (nSPS) is 27.2. The number of carbonyl (C=O) groups is 1. The van der Waals surface area contributed by atoms with Gasteiger partial charge in [-0.15, -0.1) is 0 Å². The number of likely N-dealkylation sites (tertiary alicyclic amines) is 1. The summed E-state index contributed by atoms with van der Waals surface area (Å²) in [5, 5.41) is 0. The number of aromatic nitrogens is 1. The molecule has 5 rings (SSSR count). The van der Waals surface area contributed by atoms with Crippen molar-refractivity contribution in [2.24, 2.45) is 5.41 Å². The minimum absolute atomic E-state index is 0.0653. The number of benzene rings is 1. The molecule has 1 aliphatic carbocycles. The first kappa shape index (κ1) is 25.2. The Hall–Kier alpha value is -2.48. The number of nitrogens with zero attached hydrogens (tertiary/aromatic N) is 3. The second kappa shape index (κ2) is 9.77. The van der Waals surface area contributed by atoms with Crippen LogP contribution in [-0.4, -0.2) is 46.4 Å². The van der Waals surface area contributed by atoms with Gasteiger partial charge in [-0.1, -0.05) is 19.1 Å². The number of pyridine rings is 1. The molecule has 8 heteroatoms. The van der Waals surface area contributed by atoms with Crippen molar-refractivity contribution in [1.29, 1.82) is 0 Å². The van der Waals surface area contributed by atoms with Crippen LogP contribution >= 0.6 is 0 Å². The van der Waals surface area contributed by atoms with Crippen molar-refractivity contribution in [3.8, 4) is 0 Å². The van der Waals surface area contributed by atoms with E-state index in [4.69, 9.17) is 0 Å². The van der Waals surface area contributed by atoms with Crippen LogP contribution in [0.3, 0.4) is 0 Å². The average Bonchev–Trinajstić information content (AvgIpc) is 3.33. The summed E-state index contributed by atoms with van der Waals surface area (Å²) in [7, 11) is 0. The lowest BCUT2D eigenvalue weighted by atomic mass is 9.80. The Morgan fingerprint density at radius 3 is 2.50 bits per heavy atom. The van der Waals surface area contributed by atoms with Gasteiger partial charge < -0.3 is 4.90 Å². The number of carbonyl (C=O) groups excluding carboxylic acids is 1. The van der Waals surface area contributed by atoms with E-state index in [1.165, 1.54) is 17.7 Å². The molecule has 0 bridgehead atoms. The number of fused-ring (bicyclic) bond motifs is 1. The molecule has 0 spiro atoms. The van der Waals surface area contributed by atoms with Crippen molar-refractivity contribution < 1.29 is 22.4 Å². The zero-order chi connectivity index (χ0) is 25.5. The largest absolute Gasteiger partial charge is 0.417 e. The first-order chi connectivity index (χ1) is 17.2. The molecular formula is C28H33F4N3O. The maximum atomic E-state index is 13.8. The fraction of sp³-hybridized carbons (Fsp3) is 0.571. The average molecular weight is 504 g/mol. The Kier molecular flexibility index (Phi) is 6.83. The van der Waals surface area contributed by atoms with Crippen LogP contribution in [0.4, 0.5) is 17.6 Å². The fourth-order valence-corrected chi connectivity index (χ4v) is 6.43. The highest BCUT2D eigenvalue weighted by atomic mass is 19.4. The van der Waals surface area contributed by atoms with Gasteiger partial charge >= 0.3 is 6.18 Å². The van der Waals surface area contributed by atoms with Gasteiger partial charge in [0.1, 0.15) is 5.82 Å². The molecule has 3 aliphatic rings. The summed E-state index contributed by atoms with van der Waals surface area (Å²) in [6, 6.07) is 8.43. The van der Waals surface area contributed by atoms with E-state index in [9.17, 15) is 22.4 Å². The molecule has 1 aromatic heterocycles. The van der Waals surface area contributed by atoms with Gasteiger partial charge in [-0.05, 0) is 80.3 Å². The Morgan fingerprint density at radius 2 is 1.83 bits per heavy atom. The van der Waals surface area contributed by atoms with Crippen molar-refractivity contribution in [1.82, 2.24) is 14.8 Å². The number of alkyl halides is 3. The molecule has 194 valence electrons. The summed E-state index contributed by atoms with van der Waals surface area (Å²) in [4.78, 5) is 22.0. The van der Waals surface area contributed by atoms with Crippen LogP contribution in [0.25, 0.3) is 0 Å². The van der Waals surface area contributed by atoms with Crippen molar-refractivity contribution in [2.45, 2.75) is 76.6 Å². The van der Waals surface area contributed by atoms with E-state index in [1.807, 2.05) is 19.1 Å². The molecule has 2 aromatic rings. The van der Waals surface area contributed by atoms with E-state index in [0.29, 0.717) is 42.7 Å². The molecule has 4 nitrogen and oxygen atoms in total. The molecule has 1 amide bonds. The summed E-state index contributed by atoms with van der Waals surface area (Å²) in [6.07, 6.45) is 2.65. The lowest BCUT2D eigenvalue weighted by Gasteiger charge is -2.38. The monoisotopic (exact) mass is 503 g/mol. The molecule has 1 atom stereocenters. The van der Waals surface area contributed by atoms with Crippen LogP contribution in [-0.2, 0) is 23.9 Å². The van der Waals surface area contributed by atoms with Crippen molar-refractivity contribution in [3.05, 3.63) is 64.7 Å². The standard InChI is InChI=1S/C28H33F4N3O/c1-2-27(26(36)34-13-11-25-21(17-34)15-22(16-33-25)28(30,31)32)12-14-35(18-27)24-9-5-20(6-10-24)19-3-7-23(29)8-4-19/h3-4,7-8,15-16,20,24H,2,5-6,9-14,17-18H2,1H3. The molecule has 1 saturated carbocycles. The summed E-state index contributed by atoms with van der Waals surface area (Å²) < 4.78 is 52.8. The topological polar surface area (TPSA) is 36.4 Å². The lowest BCUT2D eigenvalue weighted by Crippen LogP contribution is -2.48. The summed E-state index contributed by atoms with van der Waals surface area (Å²) >= 11 is 0. The third kappa shape index (κ3) is 4.89. The first-order valence-corrected chi connectivity index (χ1v) is 13.0. The molecule has 3 heterocycles. The molecule has 0 N–H and O–H groups in total. The van der Waals surface area contributed by atoms with E-state index in [2.05, 4.69) is 9.88 Å².